The van der Waals surface area contributed by atoms with Crippen LogP contribution in [0.5, 0.6) is 5.75 Å². The van der Waals surface area contributed by atoms with Crippen LogP contribution in [0, 0.1) is 0 Å². The van der Waals surface area contributed by atoms with Crippen LogP contribution in [0.2, 0.25) is 0 Å². The van der Waals surface area contributed by atoms with E-state index in [0.29, 0.717) is 12.5 Å². The number of para-hydroxylation sites is 1. The van der Waals surface area contributed by atoms with Gasteiger partial charge in [0.25, 0.3) is 0 Å². The zero-order valence-corrected chi connectivity index (χ0v) is 17.0. The minimum absolute atomic E-state index is 0.0683. The van der Waals surface area contributed by atoms with Crippen molar-refractivity contribution in [1.29, 1.82) is 0 Å². The van der Waals surface area contributed by atoms with Gasteiger partial charge in [-0.1, -0.05) is 62.4 Å². The van der Waals surface area contributed by atoms with Gasteiger partial charge in [-0.2, -0.15) is 0 Å². The molecule has 0 bridgehead atoms. The molecule has 4 heteroatoms. The number of hydrogen-bond acceptors (Lipinski definition) is 3. The van der Waals surface area contributed by atoms with Crippen molar-refractivity contribution in [2.24, 2.45) is 0 Å². The molecule has 0 saturated carbocycles. The summed E-state index contributed by atoms with van der Waals surface area (Å²) in [4.78, 5) is 12.3. The van der Waals surface area contributed by atoms with Crippen LogP contribution in [-0.2, 0) is 11.2 Å². The Hall–Kier alpha value is -3.27. The molecule has 1 amide bonds. The number of anilines is 2. The number of carbonyl (C=O) groups is 1. The fourth-order valence-corrected chi connectivity index (χ4v) is 3.09. The number of rotatable bonds is 9. The highest BCUT2D eigenvalue weighted by Gasteiger charge is 2.09. The third kappa shape index (κ3) is 6.39. The zero-order chi connectivity index (χ0) is 20.5. The maximum atomic E-state index is 12.3. The van der Waals surface area contributed by atoms with Crippen LogP contribution in [0.25, 0.3) is 0 Å². The van der Waals surface area contributed by atoms with Gasteiger partial charge in [0.1, 0.15) is 5.75 Å². The maximum Gasteiger partial charge on any atom is 0.243 e. The Balaban J connectivity index is 1.44. The Bertz CT molecular complexity index is 906. The van der Waals surface area contributed by atoms with Gasteiger partial charge in [0.2, 0.25) is 5.91 Å². The van der Waals surface area contributed by atoms with E-state index in [1.165, 1.54) is 5.56 Å². The van der Waals surface area contributed by atoms with Gasteiger partial charge >= 0.3 is 0 Å². The van der Waals surface area contributed by atoms with E-state index >= 15 is 0 Å². The van der Waals surface area contributed by atoms with E-state index < -0.39 is 0 Å². The van der Waals surface area contributed by atoms with Crippen molar-refractivity contribution >= 4 is 17.3 Å². The third-order valence-electron chi connectivity index (χ3n) is 4.67. The van der Waals surface area contributed by atoms with E-state index in [0.717, 1.165) is 29.1 Å². The average molecular weight is 389 g/mol. The summed E-state index contributed by atoms with van der Waals surface area (Å²) in [6.45, 7) is 5.08. The fraction of sp³-hybridized carbons (Fsp3) is 0.240. The Morgan fingerprint density at radius 3 is 2.31 bits per heavy atom. The molecule has 0 heterocycles. The van der Waals surface area contributed by atoms with Crippen molar-refractivity contribution in [3.05, 3.63) is 90.0 Å². The zero-order valence-electron chi connectivity index (χ0n) is 17.0. The Morgan fingerprint density at radius 2 is 1.59 bits per heavy atom. The Morgan fingerprint density at radius 1 is 0.897 bits per heavy atom. The van der Waals surface area contributed by atoms with Crippen molar-refractivity contribution in [1.82, 2.24) is 0 Å². The van der Waals surface area contributed by atoms with E-state index in [9.17, 15) is 4.79 Å². The first-order valence-electron chi connectivity index (χ1n) is 10.0. The second kappa shape index (κ2) is 10.3. The molecule has 2 N–H and O–H groups in total. The second-order valence-corrected chi connectivity index (χ2v) is 7.25. The van der Waals surface area contributed by atoms with Gasteiger partial charge in [-0.05, 0) is 47.4 Å². The van der Waals surface area contributed by atoms with Crippen LogP contribution >= 0.6 is 0 Å². The van der Waals surface area contributed by atoms with Gasteiger partial charge in [-0.3, -0.25) is 4.79 Å². The molecule has 29 heavy (non-hydrogen) atoms. The topological polar surface area (TPSA) is 50.4 Å². The number of hydrogen-bond donors (Lipinski definition) is 2. The van der Waals surface area contributed by atoms with Crippen molar-refractivity contribution in [2.45, 2.75) is 26.2 Å². The lowest BCUT2D eigenvalue weighted by Gasteiger charge is -2.14. The van der Waals surface area contributed by atoms with E-state index in [2.05, 4.69) is 36.6 Å². The minimum atomic E-state index is -0.0683. The van der Waals surface area contributed by atoms with Crippen molar-refractivity contribution in [3.63, 3.8) is 0 Å². The van der Waals surface area contributed by atoms with Gasteiger partial charge in [0.05, 0.1) is 13.2 Å². The van der Waals surface area contributed by atoms with Crippen molar-refractivity contribution < 1.29 is 9.53 Å². The Kier molecular flexibility index (Phi) is 7.28. The number of ether oxygens (including phenoxy) is 1. The van der Waals surface area contributed by atoms with E-state index in [1.807, 2.05) is 66.7 Å². The summed E-state index contributed by atoms with van der Waals surface area (Å²) in [7, 11) is 0. The molecule has 0 aromatic heterocycles. The van der Waals surface area contributed by atoms with Crippen LogP contribution in [0.15, 0.2) is 78.9 Å². The SMILES string of the molecule is CC(C)c1ccccc1NC(=O)CNc1ccc(OCCc2ccccc2)cc1. The first-order valence-corrected chi connectivity index (χ1v) is 10.0. The first-order chi connectivity index (χ1) is 14.1. The quantitative estimate of drug-likeness (QED) is 0.510. The molecule has 0 spiro atoms. The monoisotopic (exact) mass is 388 g/mol. The molecule has 0 aliphatic rings. The molecule has 3 aromatic carbocycles. The van der Waals surface area contributed by atoms with E-state index in [1.54, 1.807) is 0 Å². The smallest absolute Gasteiger partial charge is 0.243 e. The lowest BCUT2D eigenvalue weighted by Crippen LogP contribution is -2.22. The standard InChI is InChI=1S/C25H28N2O2/c1-19(2)23-10-6-7-11-24(23)27-25(28)18-26-21-12-14-22(15-13-21)29-17-16-20-8-4-3-5-9-20/h3-15,19,26H,16-18H2,1-2H3,(H,27,28). The van der Waals surface area contributed by atoms with Gasteiger partial charge in [-0.25, -0.2) is 0 Å². The van der Waals surface area contributed by atoms with Crippen LogP contribution in [-0.4, -0.2) is 19.1 Å². The van der Waals surface area contributed by atoms with Crippen molar-refractivity contribution in [3.8, 4) is 5.75 Å². The number of benzene rings is 3. The lowest BCUT2D eigenvalue weighted by atomic mass is 10.0. The molecule has 4 nitrogen and oxygen atoms in total. The summed E-state index contributed by atoms with van der Waals surface area (Å²) in [5.74, 6) is 1.11. The van der Waals surface area contributed by atoms with Gasteiger partial charge in [0.15, 0.2) is 0 Å². The third-order valence-corrected chi connectivity index (χ3v) is 4.67. The lowest BCUT2D eigenvalue weighted by molar-refractivity contribution is -0.114. The van der Waals surface area contributed by atoms with E-state index in [4.69, 9.17) is 4.74 Å². The van der Waals surface area contributed by atoms with Gasteiger partial charge in [0, 0.05) is 17.8 Å². The molecule has 0 saturated heterocycles. The van der Waals surface area contributed by atoms with Crippen LogP contribution in [0.4, 0.5) is 11.4 Å². The van der Waals surface area contributed by atoms with Gasteiger partial charge in [-0.15, -0.1) is 0 Å². The van der Waals surface area contributed by atoms with Crippen molar-refractivity contribution in [2.75, 3.05) is 23.8 Å². The predicted molar refractivity (Wildman–Crippen MR) is 120 cm³/mol. The van der Waals surface area contributed by atoms with Crippen LogP contribution in [0.1, 0.15) is 30.9 Å². The molecular formula is C25H28N2O2. The molecule has 0 radical (unpaired) electrons. The highest BCUT2D eigenvalue weighted by molar-refractivity contribution is 5.94. The molecule has 0 atom stereocenters. The number of nitrogens with one attached hydrogen (secondary N) is 2. The molecule has 0 aliphatic carbocycles. The Labute approximate surface area is 172 Å². The fourth-order valence-electron chi connectivity index (χ4n) is 3.09. The highest BCUT2D eigenvalue weighted by atomic mass is 16.5. The first kappa shape index (κ1) is 20.5. The summed E-state index contributed by atoms with van der Waals surface area (Å²) < 4.78 is 5.80. The highest BCUT2D eigenvalue weighted by Crippen LogP contribution is 2.23. The summed E-state index contributed by atoms with van der Waals surface area (Å²) >= 11 is 0. The summed E-state index contributed by atoms with van der Waals surface area (Å²) in [5, 5.41) is 6.15. The summed E-state index contributed by atoms with van der Waals surface area (Å²) in [6.07, 6.45) is 0.874. The normalized spacial score (nSPS) is 10.6. The second-order valence-electron chi connectivity index (χ2n) is 7.25. The summed E-state index contributed by atoms with van der Waals surface area (Å²) in [5.41, 5.74) is 4.15. The van der Waals surface area contributed by atoms with E-state index in [-0.39, 0.29) is 12.5 Å². The molecule has 0 unspecified atom stereocenters. The molecular weight excluding hydrogens is 360 g/mol. The van der Waals surface area contributed by atoms with Gasteiger partial charge < -0.3 is 15.4 Å². The molecule has 150 valence electrons. The maximum absolute atomic E-state index is 12.3. The number of carbonyl (C=O) groups excluding carboxylic acids is 1. The molecule has 3 rings (SSSR count). The molecule has 0 aliphatic heterocycles. The van der Waals surface area contributed by atoms with Crippen LogP contribution < -0.4 is 15.4 Å². The summed E-state index contributed by atoms with van der Waals surface area (Å²) in [6, 6.07) is 25.9. The minimum Gasteiger partial charge on any atom is -0.493 e. The average Bonchev–Trinajstić information content (AvgIpc) is 2.74. The van der Waals surface area contributed by atoms with Crippen LogP contribution in [0.3, 0.4) is 0 Å². The largest absolute Gasteiger partial charge is 0.493 e. The molecule has 3 aromatic rings. The number of amides is 1. The predicted octanol–water partition coefficient (Wildman–Crippen LogP) is 5.48. The molecule has 0 fully saturated rings.